The van der Waals surface area contributed by atoms with Crippen molar-refractivity contribution in [3.05, 3.63) is 65.5 Å². The Morgan fingerprint density at radius 3 is 2.77 bits per heavy atom. The summed E-state index contributed by atoms with van der Waals surface area (Å²) in [5, 5.41) is 10.3. The molecule has 26 heavy (non-hydrogen) atoms. The van der Waals surface area contributed by atoms with Crippen LogP contribution in [-0.4, -0.2) is 27.5 Å². The third kappa shape index (κ3) is 3.39. The summed E-state index contributed by atoms with van der Waals surface area (Å²) in [6.07, 6.45) is 0. The molecule has 3 aromatic rings. The van der Waals surface area contributed by atoms with Gasteiger partial charge in [-0.05, 0) is 38.1 Å². The van der Waals surface area contributed by atoms with Crippen LogP contribution in [0.15, 0.2) is 42.5 Å². The Morgan fingerprint density at radius 1 is 1.23 bits per heavy atom. The van der Waals surface area contributed by atoms with E-state index in [4.69, 9.17) is 4.74 Å². The quantitative estimate of drug-likeness (QED) is 0.758. The van der Waals surface area contributed by atoms with Gasteiger partial charge in [0.05, 0.1) is 18.0 Å². The van der Waals surface area contributed by atoms with Gasteiger partial charge in [-0.3, -0.25) is 4.79 Å². The Balaban J connectivity index is 1.91. The highest BCUT2D eigenvalue weighted by atomic mass is 19.1. The van der Waals surface area contributed by atoms with Crippen LogP contribution in [0.2, 0.25) is 0 Å². The molecule has 134 valence electrons. The minimum absolute atomic E-state index is 0.0000345. The molecule has 0 atom stereocenters. The number of nitrogens with zero attached hydrogens (tertiary/aromatic N) is 3. The number of rotatable bonds is 5. The van der Waals surface area contributed by atoms with Crippen LogP contribution in [0.5, 0.6) is 5.75 Å². The lowest BCUT2D eigenvalue weighted by Gasteiger charge is -2.10. The second-order valence-corrected chi connectivity index (χ2v) is 5.41. The molecule has 1 heterocycles. The summed E-state index contributed by atoms with van der Waals surface area (Å²) in [4.78, 5) is 12.5. The van der Waals surface area contributed by atoms with Crippen LogP contribution in [-0.2, 0) is 0 Å². The van der Waals surface area contributed by atoms with Crippen LogP contribution in [0.25, 0.3) is 5.69 Å². The molecule has 1 N–H and O–H groups in total. The molecule has 0 saturated carbocycles. The third-order valence-electron chi connectivity index (χ3n) is 3.68. The Labute approximate surface area is 148 Å². The van der Waals surface area contributed by atoms with Gasteiger partial charge < -0.3 is 10.1 Å². The van der Waals surface area contributed by atoms with Crippen molar-refractivity contribution in [2.24, 2.45) is 0 Å². The predicted octanol–water partition coefficient (Wildman–Crippen LogP) is 3.50. The fourth-order valence-electron chi connectivity index (χ4n) is 2.45. The molecule has 0 aliphatic rings. The molecule has 0 spiro atoms. The van der Waals surface area contributed by atoms with E-state index in [1.54, 1.807) is 31.2 Å². The molecular weight excluding hydrogens is 342 g/mol. The summed E-state index contributed by atoms with van der Waals surface area (Å²) in [5.41, 5.74) is 0.634. The second kappa shape index (κ2) is 7.30. The number of amides is 1. The second-order valence-electron chi connectivity index (χ2n) is 5.41. The van der Waals surface area contributed by atoms with E-state index in [9.17, 15) is 13.6 Å². The van der Waals surface area contributed by atoms with Gasteiger partial charge in [0, 0.05) is 6.07 Å². The molecule has 0 unspecified atom stereocenters. The van der Waals surface area contributed by atoms with Gasteiger partial charge in [-0.25, -0.2) is 13.5 Å². The first-order valence-electron chi connectivity index (χ1n) is 7.92. The molecule has 8 heteroatoms. The summed E-state index contributed by atoms with van der Waals surface area (Å²) < 4.78 is 33.9. The lowest BCUT2D eigenvalue weighted by atomic mass is 10.2. The highest BCUT2D eigenvalue weighted by Gasteiger charge is 2.20. The van der Waals surface area contributed by atoms with Crippen molar-refractivity contribution in [3.63, 3.8) is 0 Å². The van der Waals surface area contributed by atoms with E-state index in [1.165, 1.54) is 0 Å². The molecule has 1 amide bonds. The number of aromatic nitrogens is 3. The van der Waals surface area contributed by atoms with E-state index in [1.807, 2.05) is 6.92 Å². The van der Waals surface area contributed by atoms with Crippen LogP contribution >= 0.6 is 0 Å². The number of nitrogens with one attached hydrogen (secondary N) is 1. The van der Waals surface area contributed by atoms with E-state index in [-0.39, 0.29) is 17.1 Å². The van der Waals surface area contributed by atoms with Crippen LogP contribution < -0.4 is 10.1 Å². The van der Waals surface area contributed by atoms with Crippen LogP contribution in [0.1, 0.15) is 23.1 Å². The smallest absolute Gasteiger partial charge is 0.278 e. The monoisotopic (exact) mass is 358 g/mol. The molecule has 0 fully saturated rings. The first kappa shape index (κ1) is 17.5. The van der Waals surface area contributed by atoms with Gasteiger partial charge >= 0.3 is 0 Å². The maximum atomic E-state index is 14.0. The number of benzene rings is 2. The first-order chi connectivity index (χ1) is 12.5. The standard InChI is InChI=1S/C18H16F2N4O2/c1-3-26-16-7-5-4-6-14(16)21-18(25)17-11(2)24(23-22-17)15-10-12(19)8-9-13(15)20/h4-10H,3H2,1-2H3,(H,21,25). The number of para-hydroxylation sites is 2. The van der Waals surface area contributed by atoms with Crippen LogP contribution in [0, 0.1) is 18.6 Å². The number of carbonyl (C=O) groups is 1. The van der Waals surface area contributed by atoms with Gasteiger partial charge in [0.2, 0.25) is 0 Å². The Kier molecular flexibility index (Phi) is 4.92. The zero-order valence-corrected chi connectivity index (χ0v) is 14.2. The van der Waals surface area contributed by atoms with Gasteiger partial charge in [0.1, 0.15) is 23.1 Å². The SMILES string of the molecule is CCOc1ccccc1NC(=O)c1nnn(-c2cc(F)ccc2F)c1C. The van der Waals surface area contributed by atoms with Crippen molar-refractivity contribution in [2.75, 3.05) is 11.9 Å². The molecule has 1 aromatic heterocycles. The molecule has 0 saturated heterocycles. The number of anilines is 1. The zero-order chi connectivity index (χ0) is 18.7. The van der Waals surface area contributed by atoms with Crippen LogP contribution in [0.4, 0.5) is 14.5 Å². The van der Waals surface area contributed by atoms with E-state index < -0.39 is 17.5 Å². The first-order valence-corrected chi connectivity index (χ1v) is 7.92. The molecule has 0 aliphatic carbocycles. The Hall–Kier alpha value is -3.29. The average molecular weight is 358 g/mol. The summed E-state index contributed by atoms with van der Waals surface area (Å²) in [6, 6.07) is 9.94. The topological polar surface area (TPSA) is 69.0 Å². The Morgan fingerprint density at radius 2 is 2.00 bits per heavy atom. The summed E-state index contributed by atoms with van der Waals surface area (Å²) in [5.74, 6) is -1.30. The summed E-state index contributed by atoms with van der Waals surface area (Å²) >= 11 is 0. The predicted molar refractivity (Wildman–Crippen MR) is 91.6 cm³/mol. The fourth-order valence-corrected chi connectivity index (χ4v) is 2.45. The molecular formula is C18H16F2N4O2. The van der Waals surface area contributed by atoms with Crippen molar-refractivity contribution in [1.82, 2.24) is 15.0 Å². The maximum Gasteiger partial charge on any atom is 0.278 e. The highest BCUT2D eigenvalue weighted by molar-refractivity contribution is 6.04. The van der Waals surface area contributed by atoms with E-state index in [2.05, 4.69) is 15.6 Å². The number of ether oxygens (including phenoxy) is 1. The minimum atomic E-state index is -0.673. The molecule has 0 aliphatic heterocycles. The highest BCUT2D eigenvalue weighted by Crippen LogP contribution is 2.25. The van der Waals surface area contributed by atoms with Gasteiger partial charge in [0.15, 0.2) is 5.69 Å². The summed E-state index contributed by atoms with van der Waals surface area (Å²) in [6.45, 7) is 3.83. The number of carbonyl (C=O) groups excluding carboxylic acids is 1. The number of hydrogen-bond acceptors (Lipinski definition) is 4. The van der Waals surface area contributed by atoms with Gasteiger partial charge in [-0.15, -0.1) is 5.10 Å². The normalized spacial score (nSPS) is 10.6. The van der Waals surface area contributed by atoms with Crippen molar-refractivity contribution < 1.29 is 18.3 Å². The van der Waals surface area contributed by atoms with Gasteiger partial charge in [-0.1, -0.05) is 17.3 Å². The van der Waals surface area contributed by atoms with Crippen molar-refractivity contribution >= 4 is 11.6 Å². The molecule has 0 bridgehead atoms. The minimum Gasteiger partial charge on any atom is -0.492 e. The van der Waals surface area contributed by atoms with Crippen molar-refractivity contribution in [3.8, 4) is 11.4 Å². The Bertz CT molecular complexity index is 956. The zero-order valence-electron chi connectivity index (χ0n) is 14.2. The lowest BCUT2D eigenvalue weighted by molar-refractivity contribution is 0.102. The number of hydrogen-bond donors (Lipinski definition) is 1. The van der Waals surface area contributed by atoms with E-state index in [0.717, 1.165) is 22.9 Å². The fraction of sp³-hybridized carbons (Fsp3) is 0.167. The van der Waals surface area contributed by atoms with Crippen LogP contribution in [0.3, 0.4) is 0 Å². The molecule has 6 nitrogen and oxygen atoms in total. The number of halogens is 2. The van der Waals surface area contributed by atoms with E-state index >= 15 is 0 Å². The molecule has 3 rings (SSSR count). The van der Waals surface area contributed by atoms with Crippen molar-refractivity contribution in [1.29, 1.82) is 0 Å². The average Bonchev–Trinajstić information content (AvgIpc) is 3.00. The lowest BCUT2D eigenvalue weighted by Crippen LogP contribution is -2.15. The van der Waals surface area contributed by atoms with Crippen molar-refractivity contribution in [2.45, 2.75) is 13.8 Å². The van der Waals surface area contributed by atoms with E-state index in [0.29, 0.717) is 18.0 Å². The van der Waals surface area contributed by atoms with Gasteiger partial charge in [0.25, 0.3) is 5.91 Å². The van der Waals surface area contributed by atoms with Gasteiger partial charge in [-0.2, -0.15) is 0 Å². The third-order valence-corrected chi connectivity index (χ3v) is 3.68. The molecule has 2 aromatic carbocycles. The molecule has 0 radical (unpaired) electrons. The maximum absolute atomic E-state index is 14.0. The largest absolute Gasteiger partial charge is 0.492 e. The summed E-state index contributed by atoms with van der Waals surface area (Å²) in [7, 11) is 0.